The molecular formula is C14H9F4NO. The Morgan fingerprint density at radius 1 is 1.00 bits per heavy atom. The first kappa shape index (κ1) is 14.0. The normalized spacial score (nSPS) is 10.4. The van der Waals surface area contributed by atoms with Crippen molar-refractivity contribution in [2.45, 2.75) is 6.54 Å². The van der Waals surface area contributed by atoms with E-state index in [0.717, 1.165) is 23.1 Å². The summed E-state index contributed by atoms with van der Waals surface area (Å²) < 4.78 is 52.1. The Kier molecular flexibility index (Phi) is 4.02. The van der Waals surface area contributed by atoms with Gasteiger partial charge in [0.25, 0.3) is 0 Å². The number of hydrogen-bond acceptors (Lipinski definition) is 1. The molecule has 6 heteroatoms. The number of carbonyl (C=O) groups excluding carboxylic acids is 1. The highest BCUT2D eigenvalue weighted by Gasteiger charge is 2.13. The van der Waals surface area contributed by atoms with Crippen LogP contribution in [0.1, 0.15) is 5.56 Å². The molecule has 0 saturated heterocycles. The van der Waals surface area contributed by atoms with Crippen LogP contribution in [-0.2, 0) is 11.3 Å². The predicted octanol–water partition coefficient (Wildman–Crippen LogP) is 3.41. The Labute approximate surface area is 112 Å². The topological polar surface area (TPSA) is 20.3 Å². The minimum atomic E-state index is -1.57. The maximum absolute atomic E-state index is 13.1. The Balaban J connectivity index is 2.29. The van der Waals surface area contributed by atoms with Gasteiger partial charge in [-0.2, -0.15) is 0 Å². The maximum atomic E-state index is 13.1. The molecule has 0 bridgehead atoms. The van der Waals surface area contributed by atoms with E-state index in [4.69, 9.17) is 0 Å². The highest BCUT2D eigenvalue weighted by molar-refractivity contribution is 5.74. The minimum Gasteiger partial charge on any atom is -0.310 e. The van der Waals surface area contributed by atoms with Crippen LogP contribution in [0.2, 0.25) is 0 Å². The zero-order chi connectivity index (χ0) is 14.7. The summed E-state index contributed by atoms with van der Waals surface area (Å²) in [4.78, 5) is 12.1. The SMILES string of the molecule is O=CN(Cc1cc(F)c(F)c(F)c1)c1cccc(F)c1. The van der Waals surface area contributed by atoms with Crippen LogP contribution in [0.3, 0.4) is 0 Å². The Morgan fingerprint density at radius 2 is 1.65 bits per heavy atom. The first-order chi connectivity index (χ1) is 9.51. The molecule has 0 aliphatic carbocycles. The van der Waals surface area contributed by atoms with Gasteiger partial charge in [0.1, 0.15) is 5.82 Å². The summed E-state index contributed by atoms with van der Waals surface area (Å²) in [6.45, 7) is -0.207. The number of nitrogens with zero attached hydrogens (tertiary/aromatic N) is 1. The van der Waals surface area contributed by atoms with E-state index in [1.165, 1.54) is 18.2 Å². The van der Waals surface area contributed by atoms with Crippen molar-refractivity contribution in [3.05, 3.63) is 65.2 Å². The third-order valence-electron chi connectivity index (χ3n) is 2.66. The van der Waals surface area contributed by atoms with Crippen LogP contribution < -0.4 is 4.90 Å². The standard InChI is InChI=1S/C14H9F4NO/c15-10-2-1-3-11(6-10)19(8-20)7-9-4-12(16)14(18)13(17)5-9/h1-6,8H,7H2. The number of amides is 1. The van der Waals surface area contributed by atoms with E-state index in [1.54, 1.807) is 0 Å². The summed E-state index contributed by atoms with van der Waals surface area (Å²) in [6, 6.07) is 6.73. The number of hydrogen-bond donors (Lipinski definition) is 0. The van der Waals surface area contributed by atoms with E-state index in [9.17, 15) is 22.4 Å². The Hall–Kier alpha value is -2.37. The average Bonchev–Trinajstić information content (AvgIpc) is 2.42. The summed E-state index contributed by atoms with van der Waals surface area (Å²) in [5.41, 5.74) is 0.280. The van der Waals surface area contributed by atoms with Crippen molar-refractivity contribution in [3.8, 4) is 0 Å². The lowest BCUT2D eigenvalue weighted by atomic mass is 10.2. The maximum Gasteiger partial charge on any atom is 0.214 e. The number of carbonyl (C=O) groups is 1. The first-order valence-electron chi connectivity index (χ1n) is 5.62. The van der Waals surface area contributed by atoms with Gasteiger partial charge in [0.15, 0.2) is 17.5 Å². The monoisotopic (exact) mass is 283 g/mol. The molecule has 1 amide bonds. The van der Waals surface area contributed by atoms with Gasteiger partial charge in [-0.05, 0) is 35.9 Å². The molecule has 0 N–H and O–H groups in total. The molecule has 2 aromatic carbocycles. The molecule has 0 heterocycles. The zero-order valence-corrected chi connectivity index (χ0v) is 10.1. The summed E-state index contributed by atoms with van der Waals surface area (Å²) in [5, 5.41) is 0. The van der Waals surface area contributed by atoms with Crippen molar-refractivity contribution in [2.24, 2.45) is 0 Å². The second kappa shape index (κ2) is 5.73. The molecule has 20 heavy (non-hydrogen) atoms. The number of benzene rings is 2. The van der Waals surface area contributed by atoms with Gasteiger partial charge < -0.3 is 4.90 Å². The molecule has 0 aromatic heterocycles. The molecule has 0 unspecified atom stereocenters. The zero-order valence-electron chi connectivity index (χ0n) is 10.1. The van der Waals surface area contributed by atoms with E-state index in [1.807, 2.05) is 0 Å². The van der Waals surface area contributed by atoms with E-state index in [0.29, 0.717) is 6.41 Å². The quantitative estimate of drug-likeness (QED) is 0.478. The van der Waals surface area contributed by atoms with Crippen molar-refractivity contribution < 1.29 is 22.4 Å². The van der Waals surface area contributed by atoms with Crippen LogP contribution in [0.15, 0.2) is 36.4 Å². The fourth-order valence-electron chi connectivity index (χ4n) is 1.74. The summed E-state index contributed by atoms with van der Waals surface area (Å²) >= 11 is 0. The largest absolute Gasteiger partial charge is 0.310 e. The summed E-state index contributed by atoms with van der Waals surface area (Å²) in [6.07, 6.45) is 0.397. The van der Waals surface area contributed by atoms with Crippen LogP contribution in [-0.4, -0.2) is 6.41 Å². The van der Waals surface area contributed by atoms with Gasteiger partial charge in [0.2, 0.25) is 6.41 Å². The number of anilines is 1. The highest BCUT2D eigenvalue weighted by Crippen LogP contribution is 2.19. The predicted molar refractivity (Wildman–Crippen MR) is 65.0 cm³/mol. The molecule has 0 spiro atoms. The lowest BCUT2D eigenvalue weighted by molar-refractivity contribution is -0.107. The average molecular weight is 283 g/mol. The van der Waals surface area contributed by atoms with Crippen molar-refractivity contribution >= 4 is 12.1 Å². The molecule has 0 aliphatic heterocycles. The molecule has 2 nitrogen and oxygen atoms in total. The van der Waals surface area contributed by atoms with Crippen molar-refractivity contribution in [2.75, 3.05) is 4.90 Å². The third kappa shape index (κ3) is 2.96. The van der Waals surface area contributed by atoms with Gasteiger partial charge in [0.05, 0.1) is 6.54 Å². The van der Waals surface area contributed by atoms with Crippen LogP contribution in [0.4, 0.5) is 23.2 Å². The molecule has 104 valence electrons. The molecule has 0 radical (unpaired) electrons. The van der Waals surface area contributed by atoms with Crippen LogP contribution in [0.5, 0.6) is 0 Å². The van der Waals surface area contributed by atoms with E-state index in [2.05, 4.69) is 0 Å². The van der Waals surface area contributed by atoms with Gasteiger partial charge in [0, 0.05) is 5.69 Å². The van der Waals surface area contributed by atoms with Gasteiger partial charge in [-0.25, -0.2) is 17.6 Å². The smallest absolute Gasteiger partial charge is 0.214 e. The summed E-state index contributed by atoms with van der Waals surface area (Å²) in [7, 11) is 0. The lowest BCUT2D eigenvalue weighted by Crippen LogP contribution is -2.20. The van der Waals surface area contributed by atoms with Crippen molar-refractivity contribution in [1.29, 1.82) is 0 Å². The van der Waals surface area contributed by atoms with Gasteiger partial charge >= 0.3 is 0 Å². The Morgan fingerprint density at radius 3 is 2.20 bits per heavy atom. The number of halogens is 4. The molecule has 0 saturated carbocycles. The molecule has 2 aromatic rings. The lowest BCUT2D eigenvalue weighted by Gasteiger charge is -2.17. The van der Waals surface area contributed by atoms with Gasteiger partial charge in [-0.15, -0.1) is 0 Å². The summed E-state index contributed by atoms with van der Waals surface area (Å²) in [5.74, 6) is -4.81. The molecule has 0 aliphatic rings. The minimum absolute atomic E-state index is 0.0535. The molecular weight excluding hydrogens is 274 g/mol. The molecule has 2 rings (SSSR count). The van der Waals surface area contributed by atoms with Crippen LogP contribution in [0, 0.1) is 23.3 Å². The second-order valence-electron chi connectivity index (χ2n) is 4.09. The number of rotatable bonds is 4. The third-order valence-corrected chi connectivity index (χ3v) is 2.66. The van der Waals surface area contributed by atoms with Crippen LogP contribution in [0.25, 0.3) is 0 Å². The second-order valence-corrected chi connectivity index (χ2v) is 4.09. The van der Waals surface area contributed by atoms with Crippen LogP contribution >= 0.6 is 0 Å². The fraction of sp³-hybridized carbons (Fsp3) is 0.0714. The highest BCUT2D eigenvalue weighted by atomic mass is 19.2. The Bertz CT molecular complexity index is 622. The van der Waals surface area contributed by atoms with Crippen molar-refractivity contribution in [3.63, 3.8) is 0 Å². The van der Waals surface area contributed by atoms with E-state index in [-0.39, 0.29) is 17.8 Å². The van der Waals surface area contributed by atoms with E-state index >= 15 is 0 Å². The molecule has 0 atom stereocenters. The van der Waals surface area contributed by atoms with Crippen molar-refractivity contribution in [1.82, 2.24) is 0 Å². The fourth-order valence-corrected chi connectivity index (χ4v) is 1.74. The molecule has 0 fully saturated rings. The van der Waals surface area contributed by atoms with Gasteiger partial charge in [-0.3, -0.25) is 4.79 Å². The first-order valence-corrected chi connectivity index (χ1v) is 5.62. The van der Waals surface area contributed by atoms with E-state index < -0.39 is 23.3 Å². The van der Waals surface area contributed by atoms with Gasteiger partial charge in [-0.1, -0.05) is 6.07 Å².